The van der Waals surface area contributed by atoms with Gasteiger partial charge in [-0.2, -0.15) is 0 Å². The number of ether oxygens (including phenoxy) is 2. The number of methoxy groups -OCH3 is 1. The summed E-state index contributed by atoms with van der Waals surface area (Å²) in [4.78, 5) is 12.3. The van der Waals surface area contributed by atoms with E-state index in [4.69, 9.17) is 15.2 Å². The van der Waals surface area contributed by atoms with Gasteiger partial charge in [0.25, 0.3) is 0 Å². The number of hydrogen-bond donors (Lipinski definition) is 2. The van der Waals surface area contributed by atoms with Gasteiger partial charge in [0.2, 0.25) is 5.91 Å². The first-order chi connectivity index (χ1) is 10.5. The molecule has 2 rings (SSSR count). The van der Waals surface area contributed by atoms with E-state index in [1.165, 1.54) is 0 Å². The molecule has 0 heterocycles. The number of nitrogens with one attached hydrogen (secondary N) is 1. The van der Waals surface area contributed by atoms with Crippen LogP contribution >= 0.6 is 0 Å². The normalized spacial score (nSPS) is 21.0. The third-order valence-electron chi connectivity index (χ3n) is 3.99. The van der Waals surface area contributed by atoms with Crippen molar-refractivity contribution in [2.24, 2.45) is 11.7 Å². The van der Waals surface area contributed by atoms with Crippen molar-refractivity contribution in [1.82, 2.24) is 0 Å². The van der Waals surface area contributed by atoms with Gasteiger partial charge in [0.1, 0.15) is 11.5 Å². The van der Waals surface area contributed by atoms with Crippen molar-refractivity contribution < 1.29 is 14.3 Å². The van der Waals surface area contributed by atoms with E-state index in [1.807, 2.05) is 26.0 Å². The van der Waals surface area contributed by atoms with Gasteiger partial charge in [0.15, 0.2) is 0 Å². The zero-order valence-corrected chi connectivity index (χ0v) is 13.6. The topological polar surface area (TPSA) is 73.6 Å². The Morgan fingerprint density at radius 3 is 2.77 bits per heavy atom. The Balaban J connectivity index is 2.07. The number of nitrogens with two attached hydrogens (primary N) is 1. The highest BCUT2D eigenvalue weighted by molar-refractivity contribution is 5.92. The first-order valence-corrected chi connectivity index (χ1v) is 7.89. The summed E-state index contributed by atoms with van der Waals surface area (Å²) in [6.45, 7) is 3.90. The van der Waals surface area contributed by atoms with Gasteiger partial charge in [-0.1, -0.05) is 6.42 Å². The Labute approximate surface area is 132 Å². The van der Waals surface area contributed by atoms with Gasteiger partial charge in [0, 0.05) is 18.5 Å². The molecule has 0 spiro atoms. The molecule has 22 heavy (non-hydrogen) atoms. The van der Waals surface area contributed by atoms with Crippen molar-refractivity contribution in [2.45, 2.75) is 51.7 Å². The number of carbonyl (C=O) groups excluding carboxylic acids is 1. The Hall–Kier alpha value is -1.75. The van der Waals surface area contributed by atoms with Crippen LogP contribution in [0.3, 0.4) is 0 Å². The molecule has 0 aromatic heterocycles. The van der Waals surface area contributed by atoms with Gasteiger partial charge in [-0.3, -0.25) is 4.79 Å². The van der Waals surface area contributed by atoms with Gasteiger partial charge in [0.05, 0.1) is 18.9 Å². The Morgan fingerprint density at radius 1 is 1.41 bits per heavy atom. The van der Waals surface area contributed by atoms with Crippen LogP contribution in [0.2, 0.25) is 0 Å². The van der Waals surface area contributed by atoms with Crippen LogP contribution < -0.4 is 20.5 Å². The van der Waals surface area contributed by atoms with Crippen LogP contribution in [0.15, 0.2) is 18.2 Å². The lowest BCUT2D eigenvalue weighted by atomic mass is 10.00. The molecule has 3 N–H and O–H groups in total. The summed E-state index contributed by atoms with van der Waals surface area (Å²) in [5, 5.41) is 2.94. The zero-order chi connectivity index (χ0) is 16.1. The predicted molar refractivity (Wildman–Crippen MR) is 87.3 cm³/mol. The third kappa shape index (κ3) is 4.37. The number of anilines is 1. The van der Waals surface area contributed by atoms with Crippen molar-refractivity contribution in [3.8, 4) is 11.5 Å². The summed E-state index contributed by atoms with van der Waals surface area (Å²) in [5.74, 6) is 1.59. The molecule has 2 atom stereocenters. The van der Waals surface area contributed by atoms with Gasteiger partial charge in [-0.05, 0) is 44.7 Å². The van der Waals surface area contributed by atoms with Crippen molar-refractivity contribution in [2.75, 3.05) is 12.4 Å². The minimum atomic E-state index is -0.0239. The lowest BCUT2D eigenvalue weighted by molar-refractivity contribution is -0.117. The molecule has 1 saturated carbocycles. The minimum absolute atomic E-state index is 0.0239. The van der Waals surface area contributed by atoms with Crippen LogP contribution in [0.5, 0.6) is 11.5 Å². The molecule has 5 heteroatoms. The van der Waals surface area contributed by atoms with E-state index >= 15 is 0 Å². The summed E-state index contributed by atoms with van der Waals surface area (Å²) < 4.78 is 11.0. The summed E-state index contributed by atoms with van der Waals surface area (Å²) in [6.07, 6.45) is 3.65. The molecule has 1 aliphatic rings. The predicted octanol–water partition coefficient (Wildman–Crippen LogP) is 2.94. The van der Waals surface area contributed by atoms with E-state index in [0.717, 1.165) is 19.3 Å². The number of rotatable bonds is 6. The maximum Gasteiger partial charge on any atom is 0.224 e. The fourth-order valence-corrected chi connectivity index (χ4v) is 2.85. The molecular formula is C17H26N2O3. The van der Waals surface area contributed by atoms with Crippen molar-refractivity contribution in [3.63, 3.8) is 0 Å². The smallest absolute Gasteiger partial charge is 0.224 e. The number of hydrogen-bond acceptors (Lipinski definition) is 4. The summed E-state index contributed by atoms with van der Waals surface area (Å²) in [5.41, 5.74) is 6.68. The van der Waals surface area contributed by atoms with Crippen LogP contribution in [0.25, 0.3) is 0 Å². The van der Waals surface area contributed by atoms with Crippen LogP contribution in [0.4, 0.5) is 5.69 Å². The quantitative estimate of drug-likeness (QED) is 0.847. The van der Waals surface area contributed by atoms with E-state index in [2.05, 4.69) is 5.32 Å². The molecule has 0 radical (unpaired) electrons. The van der Waals surface area contributed by atoms with Crippen molar-refractivity contribution in [1.29, 1.82) is 0 Å². The van der Waals surface area contributed by atoms with E-state index in [-0.39, 0.29) is 24.0 Å². The molecule has 1 fully saturated rings. The van der Waals surface area contributed by atoms with Crippen LogP contribution in [0, 0.1) is 5.92 Å². The second kappa shape index (κ2) is 7.49. The average molecular weight is 306 g/mol. The average Bonchev–Trinajstić information content (AvgIpc) is 2.85. The van der Waals surface area contributed by atoms with Crippen LogP contribution in [-0.4, -0.2) is 25.2 Å². The molecule has 1 amide bonds. The molecule has 5 nitrogen and oxygen atoms in total. The number of benzene rings is 1. The van der Waals surface area contributed by atoms with Crippen LogP contribution in [0.1, 0.15) is 39.5 Å². The van der Waals surface area contributed by atoms with Gasteiger partial charge >= 0.3 is 0 Å². The third-order valence-corrected chi connectivity index (χ3v) is 3.99. The molecule has 1 aromatic carbocycles. The second-order valence-electron chi connectivity index (χ2n) is 6.14. The van der Waals surface area contributed by atoms with Crippen molar-refractivity contribution in [3.05, 3.63) is 18.2 Å². The maximum absolute atomic E-state index is 12.3. The van der Waals surface area contributed by atoms with E-state index in [0.29, 0.717) is 23.6 Å². The summed E-state index contributed by atoms with van der Waals surface area (Å²) >= 11 is 0. The Kier molecular flexibility index (Phi) is 5.66. The minimum Gasteiger partial charge on any atom is -0.497 e. The lowest BCUT2D eigenvalue weighted by Gasteiger charge is -2.18. The highest BCUT2D eigenvalue weighted by atomic mass is 16.5. The standard InChI is InChI=1S/C17H26N2O3/c1-11(2)22-16-8-7-13(21-3)10-15(16)19-17(20)9-12-5-4-6-14(12)18/h7-8,10-12,14H,4-6,9,18H2,1-3H3,(H,19,20)/t12-,14+/m0/s1. The van der Waals surface area contributed by atoms with Gasteiger partial charge in [-0.25, -0.2) is 0 Å². The molecule has 1 aliphatic carbocycles. The SMILES string of the molecule is COc1ccc(OC(C)C)c(NC(=O)C[C@@H]2CCC[C@H]2N)c1. The molecule has 1 aromatic rings. The fourth-order valence-electron chi connectivity index (χ4n) is 2.85. The molecular weight excluding hydrogens is 280 g/mol. The fraction of sp³-hybridized carbons (Fsp3) is 0.588. The van der Waals surface area contributed by atoms with Crippen LogP contribution in [-0.2, 0) is 4.79 Å². The van der Waals surface area contributed by atoms with E-state index in [9.17, 15) is 4.79 Å². The zero-order valence-electron chi connectivity index (χ0n) is 13.6. The second-order valence-corrected chi connectivity index (χ2v) is 6.14. The highest BCUT2D eigenvalue weighted by Crippen LogP contribution is 2.31. The molecule has 0 aliphatic heterocycles. The summed E-state index contributed by atoms with van der Waals surface area (Å²) in [6, 6.07) is 5.56. The van der Waals surface area contributed by atoms with Crippen molar-refractivity contribution >= 4 is 11.6 Å². The first kappa shape index (κ1) is 16.6. The monoisotopic (exact) mass is 306 g/mol. The molecule has 0 unspecified atom stereocenters. The number of amides is 1. The molecule has 122 valence electrons. The highest BCUT2D eigenvalue weighted by Gasteiger charge is 2.26. The Bertz CT molecular complexity index is 517. The summed E-state index contributed by atoms with van der Waals surface area (Å²) in [7, 11) is 1.60. The molecule has 0 bridgehead atoms. The maximum atomic E-state index is 12.3. The molecule has 0 saturated heterocycles. The largest absolute Gasteiger partial charge is 0.497 e. The first-order valence-electron chi connectivity index (χ1n) is 7.89. The van der Waals surface area contributed by atoms with E-state index in [1.54, 1.807) is 13.2 Å². The van der Waals surface area contributed by atoms with E-state index < -0.39 is 0 Å². The van der Waals surface area contributed by atoms with Gasteiger partial charge in [-0.15, -0.1) is 0 Å². The lowest BCUT2D eigenvalue weighted by Crippen LogP contribution is -2.28. The Morgan fingerprint density at radius 2 is 2.18 bits per heavy atom. The van der Waals surface area contributed by atoms with Gasteiger partial charge < -0.3 is 20.5 Å². The number of carbonyl (C=O) groups is 1.